The molecule has 0 fully saturated rings. The van der Waals surface area contributed by atoms with E-state index >= 15 is 0 Å². The molecule has 0 aliphatic carbocycles. The number of hydrogen-bond donors (Lipinski definition) is 0. The summed E-state index contributed by atoms with van der Waals surface area (Å²) in [5, 5.41) is 0. The Hall–Kier alpha value is -1.59. The highest BCUT2D eigenvalue weighted by molar-refractivity contribution is 5.71. The molecule has 0 N–H and O–H groups in total. The molecular formula is C45H86O6. The predicted octanol–water partition coefficient (Wildman–Crippen LogP) is 14.1. The van der Waals surface area contributed by atoms with Crippen molar-refractivity contribution in [2.75, 3.05) is 13.2 Å². The molecule has 0 aromatic carbocycles. The van der Waals surface area contributed by atoms with Gasteiger partial charge in [-0.05, 0) is 19.3 Å². The minimum Gasteiger partial charge on any atom is -0.462 e. The van der Waals surface area contributed by atoms with Gasteiger partial charge in [0.15, 0.2) is 6.10 Å². The number of rotatable bonds is 41. The van der Waals surface area contributed by atoms with Gasteiger partial charge in [-0.2, -0.15) is 0 Å². The van der Waals surface area contributed by atoms with Crippen LogP contribution in [0.4, 0.5) is 0 Å². The molecule has 0 aliphatic rings. The molecule has 0 saturated carbocycles. The van der Waals surface area contributed by atoms with Crippen molar-refractivity contribution >= 4 is 17.9 Å². The molecule has 0 unspecified atom stereocenters. The molecule has 0 aliphatic heterocycles. The first-order chi connectivity index (χ1) is 25.0. The Kier molecular flexibility index (Phi) is 39.9. The average Bonchev–Trinajstić information content (AvgIpc) is 3.12. The smallest absolute Gasteiger partial charge is 0.306 e. The van der Waals surface area contributed by atoms with Gasteiger partial charge in [-0.25, -0.2) is 0 Å². The van der Waals surface area contributed by atoms with Gasteiger partial charge in [-0.15, -0.1) is 0 Å². The third-order valence-corrected chi connectivity index (χ3v) is 10.1. The first kappa shape index (κ1) is 49.4. The fourth-order valence-corrected chi connectivity index (χ4v) is 6.68. The summed E-state index contributed by atoms with van der Waals surface area (Å²) in [5.41, 5.74) is 0. The molecule has 0 amide bonds. The Morgan fingerprint density at radius 1 is 0.314 bits per heavy atom. The molecule has 0 bridgehead atoms. The third kappa shape index (κ3) is 39.5. The lowest BCUT2D eigenvalue weighted by Gasteiger charge is -2.18. The van der Waals surface area contributed by atoms with Gasteiger partial charge in [-0.1, -0.05) is 213 Å². The maximum absolute atomic E-state index is 12.7. The molecule has 0 radical (unpaired) electrons. The number of carbonyl (C=O) groups excluding carboxylic acids is 3. The van der Waals surface area contributed by atoms with Crippen molar-refractivity contribution in [1.29, 1.82) is 0 Å². The first-order valence-electron chi connectivity index (χ1n) is 22.5. The molecular weight excluding hydrogens is 636 g/mol. The third-order valence-electron chi connectivity index (χ3n) is 10.1. The molecule has 302 valence electrons. The van der Waals surface area contributed by atoms with Crippen LogP contribution in [0, 0.1) is 0 Å². The van der Waals surface area contributed by atoms with E-state index in [-0.39, 0.29) is 31.1 Å². The molecule has 6 nitrogen and oxygen atoms in total. The van der Waals surface area contributed by atoms with Gasteiger partial charge in [0.25, 0.3) is 0 Å². The molecule has 0 heterocycles. The van der Waals surface area contributed by atoms with Gasteiger partial charge < -0.3 is 14.2 Å². The molecule has 0 saturated heterocycles. The Labute approximate surface area is 317 Å². The van der Waals surface area contributed by atoms with Crippen molar-refractivity contribution in [1.82, 2.24) is 0 Å². The van der Waals surface area contributed by atoms with E-state index in [1.165, 1.54) is 154 Å². The quantitative estimate of drug-likeness (QED) is 0.0355. The largest absolute Gasteiger partial charge is 0.462 e. The second-order valence-corrected chi connectivity index (χ2v) is 15.3. The van der Waals surface area contributed by atoms with Crippen LogP contribution >= 0.6 is 0 Å². The molecule has 1 atom stereocenters. The number of esters is 3. The minimum absolute atomic E-state index is 0.0631. The summed E-state index contributed by atoms with van der Waals surface area (Å²) in [5.74, 6) is -0.856. The van der Waals surface area contributed by atoms with Crippen molar-refractivity contribution in [3.63, 3.8) is 0 Å². The van der Waals surface area contributed by atoms with Crippen LogP contribution in [0.15, 0.2) is 0 Å². The maximum Gasteiger partial charge on any atom is 0.306 e. The van der Waals surface area contributed by atoms with Gasteiger partial charge in [0, 0.05) is 19.3 Å². The van der Waals surface area contributed by atoms with Gasteiger partial charge in [0.05, 0.1) is 0 Å². The SMILES string of the molecule is CCCCCCCCCCCCCCCCC(=O)O[C@H](COC(=O)CCCCCCCCCCC)COC(=O)CCCCCCCCCCCC. The molecule has 0 rings (SSSR count). The maximum atomic E-state index is 12.7. The van der Waals surface area contributed by atoms with E-state index in [1.54, 1.807) is 0 Å². The van der Waals surface area contributed by atoms with Crippen LogP contribution in [-0.4, -0.2) is 37.2 Å². The molecule has 0 spiro atoms. The van der Waals surface area contributed by atoms with E-state index in [0.717, 1.165) is 57.8 Å². The number of ether oxygens (including phenoxy) is 3. The summed E-state index contributed by atoms with van der Waals surface area (Å²) in [6.07, 6.45) is 40.8. The summed E-state index contributed by atoms with van der Waals surface area (Å²) < 4.78 is 16.7. The van der Waals surface area contributed by atoms with Crippen molar-refractivity contribution < 1.29 is 28.6 Å². The fraction of sp³-hybridized carbons (Fsp3) is 0.933. The van der Waals surface area contributed by atoms with Crippen LogP contribution in [0.1, 0.15) is 252 Å². The summed E-state index contributed by atoms with van der Waals surface area (Å²) in [6, 6.07) is 0. The van der Waals surface area contributed by atoms with Crippen LogP contribution in [0.3, 0.4) is 0 Å². The summed E-state index contributed by atoms with van der Waals surface area (Å²) in [4.78, 5) is 37.6. The fourth-order valence-electron chi connectivity index (χ4n) is 6.68. The monoisotopic (exact) mass is 723 g/mol. The van der Waals surface area contributed by atoms with Crippen molar-refractivity contribution in [3.8, 4) is 0 Å². The number of unbranched alkanes of at least 4 members (excludes halogenated alkanes) is 30. The van der Waals surface area contributed by atoms with Crippen LogP contribution in [0.5, 0.6) is 0 Å². The Morgan fingerprint density at radius 3 is 0.784 bits per heavy atom. The van der Waals surface area contributed by atoms with Gasteiger partial charge >= 0.3 is 17.9 Å². The number of hydrogen-bond acceptors (Lipinski definition) is 6. The lowest BCUT2D eigenvalue weighted by Crippen LogP contribution is -2.30. The summed E-state index contributed by atoms with van der Waals surface area (Å²) in [7, 11) is 0. The number of carbonyl (C=O) groups is 3. The zero-order chi connectivity index (χ0) is 37.3. The highest BCUT2D eigenvalue weighted by Crippen LogP contribution is 2.15. The van der Waals surface area contributed by atoms with Crippen LogP contribution in [-0.2, 0) is 28.6 Å². The lowest BCUT2D eigenvalue weighted by atomic mass is 10.0. The standard InChI is InChI=1S/C45H86O6/c1-4-7-10-13-16-19-21-22-23-24-27-30-33-36-39-45(48)51-42(40-49-43(46)37-34-31-28-25-18-15-12-9-6-3)41-50-44(47)38-35-32-29-26-20-17-14-11-8-5-2/h42H,4-41H2,1-3H3/t42-/m1/s1. The van der Waals surface area contributed by atoms with Crippen molar-refractivity contribution in [3.05, 3.63) is 0 Å². The Bertz CT molecular complexity index is 753. The van der Waals surface area contributed by atoms with E-state index in [0.29, 0.717) is 19.3 Å². The summed E-state index contributed by atoms with van der Waals surface area (Å²) >= 11 is 0. The van der Waals surface area contributed by atoms with Gasteiger partial charge in [0.1, 0.15) is 13.2 Å². The predicted molar refractivity (Wildman–Crippen MR) is 215 cm³/mol. The van der Waals surface area contributed by atoms with E-state index in [2.05, 4.69) is 20.8 Å². The normalized spacial score (nSPS) is 11.8. The van der Waals surface area contributed by atoms with Crippen LogP contribution < -0.4 is 0 Å². The highest BCUT2D eigenvalue weighted by Gasteiger charge is 2.19. The van der Waals surface area contributed by atoms with E-state index in [4.69, 9.17) is 14.2 Å². The zero-order valence-corrected chi connectivity index (χ0v) is 34.4. The average molecular weight is 723 g/mol. The lowest BCUT2D eigenvalue weighted by molar-refractivity contribution is -0.167. The second-order valence-electron chi connectivity index (χ2n) is 15.3. The summed E-state index contributed by atoms with van der Waals surface area (Å²) in [6.45, 7) is 6.62. The zero-order valence-electron chi connectivity index (χ0n) is 34.4. The van der Waals surface area contributed by atoms with E-state index in [9.17, 15) is 14.4 Å². The molecule has 0 aromatic rings. The Balaban J connectivity index is 4.30. The Morgan fingerprint density at radius 2 is 0.529 bits per heavy atom. The van der Waals surface area contributed by atoms with E-state index in [1.807, 2.05) is 0 Å². The topological polar surface area (TPSA) is 78.9 Å². The van der Waals surface area contributed by atoms with Gasteiger partial charge in [0.2, 0.25) is 0 Å². The first-order valence-corrected chi connectivity index (χ1v) is 22.5. The van der Waals surface area contributed by atoms with E-state index < -0.39 is 6.10 Å². The van der Waals surface area contributed by atoms with Gasteiger partial charge in [-0.3, -0.25) is 14.4 Å². The highest BCUT2D eigenvalue weighted by atomic mass is 16.6. The van der Waals surface area contributed by atoms with Crippen molar-refractivity contribution in [2.45, 2.75) is 258 Å². The minimum atomic E-state index is -0.757. The molecule has 6 heteroatoms. The van der Waals surface area contributed by atoms with Crippen LogP contribution in [0.25, 0.3) is 0 Å². The second kappa shape index (κ2) is 41.2. The van der Waals surface area contributed by atoms with Crippen LogP contribution in [0.2, 0.25) is 0 Å². The molecule has 51 heavy (non-hydrogen) atoms. The van der Waals surface area contributed by atoms with Crippen molar-refractivity contribution in [2.24, 2.45) is 0 Å². The molecule has 0 aromatic heterocycles.